The van der Waals surface area contributed by atoms with Crippen molar-refractivity contribution in [3.63, 3.8) is 0 Å². The van der Waals surface area contributed by atoms with Crippen molar-refractivity contribution in [3.05, 3.63) is 53.8 Å². The Kier molecular flexibility index (Phi) is 8.17. The Morgan fingerprint density at radius 2 is 1.97 bits per heavy atom. The van der Waals surface area contributed by atoms with Gasteiger partial charge in [-0.2, -0.15) is 13.2 Å². The molecule has 1 aliphatic carbocycles. The fourth-order valence-electron chi connectivity index (χ4n) is 4.85. The summed E-state index contributed by atoms with van der Waals surface area (Å²) in [5.74, 6) is 0.258. The van der Waals surface area contributed by atoms with Gasteiger partial charge in [-0.1, -0.05) is 44.7 Å². The van der Waals surface area contributed by atoms with Crippen LogP contribution in [-0.2, 0) is 15.8 Å². The summed E-state index contributed by atoms with van der Waals surface area (Å²) in [6.45, 7) is 4.62. The van der Waals surface area contributed by atoms with E-state index in [0.29, 0.717) is 36.4 Å². The van der Waals surface area contributed by atoms with E-state index in [-0.39, 0.29) is 24.0 Å². The summed E-state index contributed by atoms with van der Waals surface area (Å²) in [6.07, 6.45) is 3.33. The minimum absolute atomic E-state index is 0.0174. The topological polar surface area (TPSA) is 77.6 Å². The monoisotopic (exact) mass is 521 g/mol. The number of carbonyl (C=O) groups excluding carboxylic acids is 2. The summed E-state index contributed by atoms with van der Waals surface area (Å²) in [4.78, 5) is 33.9. The second kappa shape index (κ2) is 11.3. The third-order valence-corrected chi connectivity index (χ3v) is 7.43. The average molecular weight is 522 g/mol. The predicted octanol–water partition coefficient (Wildman–Crippen LogP) is 5.17. The number of anilines is 2. The van der Waals surface area contributed by atoms with Crippen LogP contribution >= 0.6 is 11.3 Å². The van der Waals surface area contributed by atoms with Gasteiger partial charge in [-0.25, -0.2) is 4.98 Å². The standard InChI is InChI=1S/C25H30F3N5O2S/c1-17(30-20-9-5-8-19(15-20)25(26,27)28)32-11-12-33(22(34)16-32)21(14-18-6-3-2-4-7-18)23(35)31-24-29-10-13-36-24/h5,8-10,13,15,18,21,30H,1-4,6-7,11-12,14,16H2,(H,29,31,35)/t21-/m0/s1. The van der Waals surface area contributed by atoms with Crippen molar-refractivity contribution in [2.45, 2.75) is 50.7 Å². The Hall–Kier alpha value is -3.08. The lowest BCUT2D eigenvalue weighted by atomic mass is 9.84. The normalized spacial score (nSPS) is 18.1. The van der Waals surface area contributed by atoms with Gasteiger partial charge in [-0.05, 0) is 30.5 Å². The van der Waals surface area contributed by atoms with Gasteiger partial charge >= 0.3 is 6.18 Å². The van der Waals surface area contributed by atoms with Crippen LogP contribution in [0.5, 0.6) is 0 Å². The van der Waals surface area contributed by atoms with E-state index in [2.05, 4.69) is 22.2 Å². The van der Waals surface area contributed by atoms with E-state index >= 15 is 0 Å². The molecule has 2 heterocycles. The van der Waals surface area contributed by atoms with Gasteiger partial charge in [0.05, 0.1) is 17.9 Å². The fourth-order valence-corrected chi connectivity index (χ4v) is 5.39. The van der Waals surface area contributed by atoms with E-state index in [4.69, 9.17) is 0 Å². The van der Waals surface area contributed by atoms with E-state index in [9.17, 15) is 22.8 Å². The fraction of sp³-hybridized carbons (Fsp3) is 0.480. The van der Waals surface area contributed by atoms with Crippen LogP contribution < -0.4 is 10.6 Å². The molecule has 1 saturated carbocycles. The second-order valence-electron chi connectivity index (χ2n) is 9.24. The molecule has 2 aromatic rings. The number of nitrogens with zero attached hydrogens (tertiary/aromatic N) is 3. The van der Waals surface area contributed by atoms with Crippen LogP contribution in [-0.4, -0.2) is 52.3 Å². The number of halogens is 3. The molecule has 1 saturated heterocycles. The number of piperazine rings is 1. The highest BCUT2D eigenvalue weighted by molar-refractivity contribution is 7.13. The molecule has 7 nitrogen and oxygen atoms in total. The molecule has 36 heavy (non-hydrogen) atoms. The summed E-state index contributed by atoms with van der Waals surface area (Å²) >= 11 is 1.32. The Morgan fingerprint density at radius 1 is 1.19 bits per heavy atom. The molecule has 194 valence electrons. The third kappa shape index (κ3) is 6.57. The zero-order valence-electron chi connectivity index (χ0n) is 19.9. The Balaban J connectivity index is 1.41. The number of rotatable bonds is 8. The van der Waals surface area contributed by atoms with Gasteiger partial charge in [0.25, 0.3) is 0 Å². The minimum atomic E-state index is -4.45. The first kappa shape index (κ1) is 26.0. The largest absolute Gasteiger partial charge is 0.416 e. The van der Waals surface area contributed by atoms with Crippen LogP contribution in [0.15, 0.2) is 48.2 Å². The molecule has 2 N–H and O–H groups in total. The average Bonchev–Trinajstić information content (AvgIpc) is 3.36. The maximum absolute atomic E-state index is 13.2. The molecule has 0 bridgehead atoms. The number of nitrogens with one attached hydrogen (secondary N) is 2. The molecule has 4 rings (SSSR count). The van der Waals surface area contributed by atoms with E-state index in [1.807, 2.05) is 0 Å². The van der Waals surface area contributed by atoms with E-state index in [0.717, 1.165) is 37.8 Å². The highest BCUT2D eigenvalue weighted by Crippen LogP contribution is 2.32. The molecule has 0 spiro atoms. The van der Waals surface area contributed by atoms with Crippen LogP contribution in [0.2, 0.25) is 0 Å². The molecular weight excluding hydrogens is 491 g/mol. The van der Waals surface area contributed by atoms with Gasteiger partial charge in [0.15, 0.2) is 5.13 Å². The summed E-state index contributed by atoms with van der Waals surface area (Å²) in [7, 11) is 0. The van der Waals surface area contributed by atoms with Gasteiger partial charge in [0.1, 0.15) is 6.04 Å². The van der Waals surface area contributed by atoms with E-state index in [1.54, 1.807) is 21.4 Å². The molecule has 2 aliphatic rings. The molecule has 1 aromatic carbocycles. The highest BCUT2D eigenvalue weighted by atomic mass is 32.1. The highest BCUT2D eigenvalue weighted by Gasteiger charge is 2.36. The van der Waals surface area contributed by atoms with E-state index in [1.165, 1.54) is 29.9 Å². The van der Waals surface area contributed by atoms with Crippen LogP contribution in [0.4, 0.5) is 24.0 Å². The lowest BCUT2D eigenvalue weighted by Gasteiger charge is -2.41. The molecular formula is C25H30F3N5O2S. The molecule has 11 heteroatoms. The Labute approximate surface area is 212 Å². The van der Waals surface area contributed by atoms with Crippen LogP contribution in [0.3, 0.4) is 0 Å². The molecule has 0 radical (unpaired) electrons. The van der Waals surface area contributed by atoms with Gasteiger partial charge in [0, 0.05) is 30.4 Å². The zero-order chi connectivity index (χ0) is 25.7. The van der Waals surface area contributed by atoms with Crippen LogP contribution in [0, 0.1) is 5.92 Å². The summed E-state index contributed by atoms with van der Waals surface area (Å²) < 4.78 is 39.1. The van der Waals surface area contributed by atoms with Crippen LogP contribution in [0.25, 0.3) is 0 Å². The molecule has 2 amide bonds. The molecule has 1 atom stereocenters. The van der Waals surface area contributed by atoms with Crippen molar-refractivity contribution in [2.24, 2.45) is 5.92 Å². The molecule has 2 fully saturated rings. The Morgan fingerprint density at radius 3 is 2.64 bits per heavy atom. The molecule has 0 unspecified atom stereocenters. The minimum Gasteiger partial charge on any atom is -0.348 e. The molecule has 1 aliphatic heterocycles. The quantitative estimate of drug-likeness (QED) is 0.502. The smallest absolute Gasteiger partial charge is 0.348 e. The predicted molar refractivity (Wildman–Crippen MR) is 133 cm³/mol. The van der Waals surface area contributed by atoms with Crippen molar-refractivity contribution in [3.8, 4) is 0 Å². The van der Waals surface area contributed by atoms with Gasteiger partial charge in [-0.3, -0.25) is 9.59 Å². The van der Waals surface area contributed by atoms with E-state index < -0.39 is 17.8 Å². The number of hydrogen-bond acceptors (Lipinski definition) is 6. The second-order valence-corrected chi connectivity index (χ2v) is 10.1. The third-order valence-electron chi connectivity index (χ3n) is 6.74. The number of carbonyl (C=O) groups is 2. The van der Waals surface area contributed by atoms with Crippen molar-refractivity contribution < 1.29 is 22.8 Å². The summed E-state index contributed by atoms with van der Waals surface area (Å²) in [6, 6.07) is 4.24. The maximum Gasteiger partial charge on any atom is 0.416 e. The number of amides is 2. The first-order chi connectivity index (χ1) is 17.2. The molecule has 1 aromatic heterocycles. The van der Waals surface area contributed by atoms with Crippen molar-refractivity contribution in [2.75, 3.05) is 30.3 Å². The van der Waals surface area contributed by atoms with Crippen molar-refractivity contribution in [1.29, 1.82) is 0 Å². The van der Waals surface area contributed by atoms with Crippen LogP contribution in [0.1, 0.15) is 44.1 Å². The Bertz CT molecular complexity index is 1070. The van der Waals surface area contributed by atoms with Crippen molar-refractivity contribution in [1.82, 2.24) is 14.8 Å². The lowest BCUT2D eigenvalue weighted by molar-refractivity contribution is -0.143. The lowest BCUT2D eigenvalue weighted by Crippen LogP contribution is -2.57. The summed E-state index contributed by atoms with van der Waals surface area (Å²) in [5, 5.41) is 8.01. The van der Waals surface area contributed by atoms with Crippen molar-refractivity contribution >= 4 is 34.0 Å². The number of alkyl halides is 3. The van der Waals surface area contributed by atoms with Gasteiger partial charge in [-0.15, -0.1) is 11.3 Å². The summed E-state index contributed by atoms with van der Waals surface area (Å²) in [5.41, 5.74) is -0.527. The first-order valence-electron chi connectivity index (χ1n) is 12.1. The number of hydrogen-bond donors (Lipinski definition) is 2. The number of aromatic nitrogens is 1. The number of benzene rings is 1. The first-order valence-corrected chi connectivity index (χ1v) is 13.0. The maximum atomic E-state index is 13.2. The SMILES string of the molecule is C=C(Nc1cccc(C(F)(F)F)c1)N1CCN([C@@H](CC2CCCCC2)C(=O)Nc2nccs2)C(=O)C1. The zero-order valence-corrected chi connectivity index (χ0v) is 20.7. The number of thiazole rings is 1. The van der Waals surface area contributed by atoms with Gasteiger partial charge < -0.3 is 20.4 Å². The van der Waals surface area contributed by atoms with Gasteiger partial charge in [0.2, 0.25) is 11.8 Å².